The number of benzene rings is 2. The van der Waals surface area contributed by atoms with Gasteiger partial charge in [0.25, 0.3) is 0 Å². The third kappa shape index (κ3) is 4.49. The van der Waals surface area contributed by atoms with Gasteiger partial charge in [0.2, 0.25) is 11.8 Å². The number of ketones is 3. The Kier molecular flexibility index (Phi) is 6.12. The van der Waals surface area contributed by atoms with Crippen molar-refractivity contribution in [2.45, 2.75) is 13.8 Å². The monoisotopic (exact) mass is 467 g/mol. The molecule has 0 aromatic heterocycles. The second-order valence-corrected chi connectivity index (χ2v) is 7.94. The van der Waals surface area contributed by atoms with Crippen molar-refractivity contribution in [1.82, 2.24) is 0 Å². The predicted molar refractivity (Wildman–Crippen MR) is 128 cm³/mol. The van der Waals surface area contributed by atoms with E-state index in [-0.39, 0.29) is 45.2 Å². The quantitative estimate of drug-likeness (QED) is 0.395. The molecule has 2 aromatic rings. The molecule has 0 bridgehead atoms. The highest BCUT2D eigenvalue weighted by Gasteiger charge is 2.32. The number of fused-ring (bicyclic) bond motifs is 2. The first kappa shape index (κ1) is 23.3. The van der Waals surface area contributed by atoms with Crippen LogP contribution in [0, 0.1) is 0 Å². The minimum atomic E-state index is -0.452. The van der Waals surface area contributed by atoms with Crippen LogP contribution in [0.2, 0.25) is 0 Å². The third-order valence-electron chi connectivity index (χ3n) is 5.38. The van der Waals surface area contributed by atoms with Crippen LogP contribution in [0.3, 0.4) is 0 Å². The molecule has 35 heavy (non-hydrogen) atoms. The Morgan fingerprint density at radius 3 is 1.86 bits per heavy atom. The zero-order valence-electron chi connectivity index (χ0n) is 18.8. The number of nitrogens with one attached hydrogen (secondary N) is 2. The standard InChI is InChI=1S/C27H20N2O6/c1-14(30)28-16-8-10-18-22(12-16)26(34)20(24(18)32)6-4-3-5-7-21-25(33)19-11-9-17(29-15(2)31)13-23(19)27(21)35/h3-13,34H,1-2H3,(H,28,30)(H,29,31)/p-1/b5-3+,6-4+,21-7-. The average Bonchev–Trinajstić information content (AvgIpc) is 3.17. The van der Waals surface area contributed by atoms with E-state index in [1.165, 1.54) is 68.5 Å². The van der Waals surface area contributed by atoms with Gasteiger partial charge in [-0.2, -0.15) is 0 Å². The van der Waals surface area contributed by atoms with Crippen molar-refractivity contribution in [3.63, 3.8) is 0 Å². The Morgan fingerprint density at radius 2 is 1.26 bits per heavy atom. The highest BCUT2D eigenvalue weighted by atomic mass is 16.3. The molecule has 2 aliphatic rings. The van der Waals surface area contributed by atoms with Gasteiger partial charge in [-0.3, -0.25) is 24.0 Å². The van der Waals surface area contributed by atoms with Crippen LogP contribution in [-0.4, -0.2) is 29.2 Å². The van der Waals surface area contributed by atoms with Gasteiger partial charge in [-0.25, -0.2) is 0 Å². The van der Waals surface area contributed by atoms with Crippen LogP contribution in [0.15, 0.2) is 77.9 Å². The molecule has 0 saturated carbocycles. The van der Waals surface area contributed by atoms with Gasteiger partial charge >= 0.3 is 0 Å². The van der Waals surface area contributed by atoms with Crippen molar-refractivity contribution < 1.29 is 29.1 Å². The molecule has 0 spiro atoms. The van der Waals surface area contributed by atoms with Crippen LogP contribution >= 0.6 is 0 Å². The van der Waals surface area contributed by atoms with Crippen molar-refractivity contribution in [2.24, 2.45) is 0 Å². The van der Waals surface area contributed by atoms with Crippen LogP contribution in [0.25, 0.3) is 5.76 Å². The van der Waals surface area contributed by atoms with Gasteiger partial charge in [0.1, 0.15) is 0 Å². The molecule has 2 aromatic carbocycles. The Bertz CT molecular complexity index is 1460. The molecule has 2 amide bonds. The minimum absolute atomic E-state index is 0.0248. The maximum Gasteiger partial charge on any atom is 0.221 e. The van der Waals surface area contributed by atoms with E-state index in [0.717, 1.165) is 0 Å². The molecule has 2 aliphatic carbocycles. The highest BCUT2D eigenvalue weighted by Crippen LogP contribution is 2.32. The molecule has 0 atom stereocenters. The summed E-state index contributed by atoms with van der Waals surface area (Å²) in [4.78, 5) is 60.3. The van der Waals surface area contributed by atoms with Crippen LogP contribution in [0.1, 0.15) is 50.5 Å². The first-order valence-electron chi connectivity index (χ1n) is 10.6. The van der Waals surface area contributed by atoms with Crippen molar-refractivity contribution in [3.05, 3.63) is 100 Å². The van der Waals surface area contributed by atoms with E-state index >= 15 is 0 Å². The van der Waals surface area contributed by atoms with Crippen LogP contribution in [-0.2, 0) is 9.59 Å². The number of Topliss-reactive ketones (excluding diaryl/α,β-unsaturated/α-hetero) is 3. The van der Waals surface area contributed by atoms with E-state index in [1.807, 2.05) is 0 Å². The molecule has 0 radical (unpaired) electrons. The fraction of sp³-hybridized carbons (Fsp3) is 0.0741. The van der Waals surface area contributed by atoms with Gasteiger partial charge in [-0.05, 0) is 48.0 Å². The van der Waals surface area contributed by atoms with E-state index in [9.17, 15) is 29.1 Å². The molecule has 0 fully saturated rings. The molecule has 2 N–H and O–H groups in total. The lowest BCUT2D eigenvalue weighted by molar-refractivity contribution is -0.244. The average molecular weight is 467 g/mol. The number of anilines is 2. The number of allylic oxidation sites excluding steroid dienone is 7. The van der Waals surface area contributed by atoms with Gasteiger partial charge in [-0.1, -0.05) is 30.1 Å². The van der Waals surface area contributed by atoms with Crippen LogP contribution < -0.4 is 15.7 Å². The minimum Gasteiger partial charge on any atom is -0.872 e. The maximum absolute atomic E-state index is 12.7. The number of carbonyl (C=O) groups excluding carboxylic acids is 5. The summed E-state index contributed by atoms with van der Waals surface area (Å²) in [6.45, 7) is 2.69. The fourth-order valence-corrected chi connectivity index (χ4v) is 3.88. The Hall–Kier alpha value is -4.85. The molecule has 0 heterocycles. The van der Waals surface area contributed by atoms with E-state index < -0.39 is 23.1 Å². The van der Waals surface area contributed by atoms with E-state index in [1.54, 1.807) is 12.1 Å². The second kappa shape index (κ2) is 9.18. The second-order valence-electron chi connectivity index (χ2n) is 7.94. The molecule has 174 valence electrons. The third-order valence-corrected chi connectivity index (χ3v) is 5.38. The molecule has 0 saturated heterocycles. The van der Waals surface area contributed by atoms with Crippen LogP contribution in [0.5, 0.6) is 0 Å². The molecule has 0 unspecified atom stereocenters. The van der Waals surface area contributed by atoms with Crippen molar-refractivity contribution in [2.75, 3.05) is 10.6 Å². The summed E-state index contributed by atoms with van der Waals surface area (Å²) in [6, 6.07) is 9.02. The Labute approximate surface area is 200 Å². The number of carbonyl (C=O) groups is 5. The largest absolute Gasteiger partial charge is 0.872 e. The SMILES string of the molecule is CC(=O)Nc1ccc2c(c1)C(=O)\C(=C/C=C/C=C/C1=C([O-])c3cc(NC(C)=O)ccc3C1=O)C2=O. The highest BCUT2D eigenvalue weighted by molar-refractivity contribution is 6.39. The summed E-state index contributed by atoms with van der Waals surface area (Å²) < 4.78 is 0. The summed E-state index contributed by atoms with van der Waals surface area (Å²) >= 11 is 0. The lowest BCUT2D eigenvalue weighted by Gasteiger charge is -2.11. The van der Waals surface area contributed by atoms with Crippen molar-refractivity contribution >= 4 is 46.3 Å². The maximum atomic E-state index is 12.7. The van der Waals surface area contributed by atoms with E-state index in [2.05, 4.69) is 10.6 Å². The van der Waals surface area contributed by atoms with Gasteiger partial charge in [0, 0.05) is 47.5 Å². The molecular formula is C27H19N2O6-. The molecule has 8 nitrogen and oxygen atoms in total. The normalized spacial score (nSPS) is 15.9. The van der Waals surface area contributed by atoms with Crippen molar-refractivity contribution in [3.8, 4) is 0 Å². The number of hydrogen-bond acceptors (Lipinski definition) is 6. The zero-order valence-corrected chi connectivity index (χ0v) is 18.8. The predicted octanol–water partition coefficient (Wildman–Crippen LogP) is 2.99. The van der Waals surface area contributed by atoms with Crippen molar-refractivity contribution in [1.29, 1.82) is 0 Å². The van der Waals surface area contributed by atoms with Gasteiger partial charge < -0.3 is 15.7 Å². The lowest BCUT2D eigenvalue weighted by atomic mass is 10.1. The molecule has 0 aliphatic heterocycles. The summed E-state index contributed by atoms with van der Waals surface area (Å²) in [5.41, 5.74) is 1.74. The van der Waals surface area contributed by atoms with Crippen LogP contribution in [0.4, 0.5) is 11.4 Å². The number of rotatable bonds is 5. The van der Waals surface area contributed by atoms with E-state index in [4.69, 9.17) is 0 Å². The molecular weight excluding hydrogens is 448 g/mol. The first-order chi connectivity index (χ1) is 16.7. The molecule has 8 heteroatoms. The summed E-state index contributed by atoms with van der Waals surface area (Å²) in [7, 11) is 0. The number of amides is 2. The Morgan fingerprint density at radius 1 is 0.714 bits per heavy atom. The lowest BCUT2D eigenvalue weighted by Crippen LogP contribution is -2.07. The van der Waals surface area contributed by atoms with Gasteiger partial charge in [0.15, 0.2) is 17.3 Å². The zero-order chi connectivity index (χ0) is 25.3. The first-order valence-corrected chi connectivity index (χ1v) is 10.6. The summed E-state index contributed by atoms with van der Waals surface area (Å²) in [5.74, 6) is -2.33. The topological polar surface area (TPSA) is 132 Å². The molecule has 4 rings (SSSR count). The number of hydrogen-bond donors (Lipinski definition) is 2. The fourth-order valence-electron chi connectivity index (χ4n) is 3.88. The van der Waals surface area contributed by atoms with Gasteiger partial charge in [0.05, 0.1) is 5.57 Å². The summed E-state index contributed by atoms with van der Waals surface area (Å²) in [5, 5.41) is 17.8. The van der Waals surface area contributed by atoms with Gasteiger partial charge in [-0.15, -0.1) is 0 Å². The smallest absolute Gasteiger partial charge is 0.221 e. The Balaban J connectivity index is 1.50. The summed E-state index contributed by atoms with van der Waals surface area (Å²) in [6.07, 6.45) is 7.16. The van der Waals surface area contributed by atoms with E-state index in [0.29, 0.717) is 11.4 Å².